The lowest BCUT2D eigenvalue weighted by Crippen LogP contribution is -2.33. The highest BCUT2D eigenvalue weighted by atomic mass is 35.5. The SMILES string of the molecule is O=C(c1ccc(Cl)cc1Cl)N1CCC(c2ccccc2F)S(=O)(=O)CC1. The van der Waals surface area contributed by atoms with Gasteiger partial charge in [0.1, 0.15) is 5.82 Å². The van der Waals surface area contributed by atoms with Gasteiger partial charge in [-0.25, -0.2) is 12.8 Å². The van der Waals surface area contributed by atoms with Crippen LogP contribution in [0.25, 0.3) is 0 Å². The van der Waals surface area contributed by atoms with E-state index in [1.165, 1.54) is 35.2 Å². The summed E-state index contributed by atoms with van der Waals surface area (Å²) in [7, 11) is -3.59. The monoisotopic (exact) mass is 415 g/mol. The number of benzene rings is 2. The Kier molecular flexibility index (Phi) is 5.55. The number of nitrogens with zero attached hydrogens (tertiary/aromatic N) is 1. The number of halogens is 3. The number of hydrogen-bond acceptors (Lipinski definition) is 3. The highest BCUT2D eigenvalue weighted by Gasteiger charge is 2.34. The van der Waals surface area contributed by atoms with Crippen LogP contribution in [0.5, 0.6) is 0 Å². The summed E-state index contributed by atoms with van der Waals surface area (Å²) < 4.78 is 39.3. The molecule has 1 heterocycles. The Morgan fingerprint density at radius 2 is 1.85 bits per heavy atom. The van der Waals surface area contributed by atoms with E-state index in [2.05, 4.69) is 0 Å². The fraction of sp³-hybridized carbons (Fsp3) is 0.278. The average Bonchev–Trinajstić information content (AvgIpc) is 2.73. The van der Waals surface area contributed by atoms with Crippen LogP contribution in [0.1, 0.15) is 27.6 Å². The lowest BCUT2D eigenvalue weighted by molar-refractivity contribution is 0.0766. The normalized spacial score (nSPS) is 19.8. The minimum Gasteiger partial charge on any atom is -0.338 e. The van der Waals surface area contributed by atoms with Crippen LogP contribution in [0.4, 0.5) is 4.39 Å². The Morgan fingerprint density at radius 3 is 2.54 bits per heavy atom. The van der Waals surface area contributed by atoms with Gasteiger partial charge in [0.15, 0.2) is 9.84 Å². The summed E-state index contributed by atoms with van der Waals surface area (Å²) in [5.41, 5.74) is 0.407. The molecule has 1 unspecified atom stereocenters. The van der Waals surface area contributed by atoms with Gasteiger partial charge in [-0.05, 0) is 30.7 Å². The second kappa shape index (κ2) is 7.55. The molecule has 1 saturated heterocycles. The second-order valence-electron chi connectivity index (χ2n) is 6.08. The Morgan fingerprint density at radius 1 is 1.12 bits per heavy atom. The van der Waals surface area contributed by atoms with Crippen LogP contribution >= 0.6 is 23.2 Å². The summed E-state index contributed by atoms with van der Waals surface area (Å²) in [5, 5.41) is -0.355. The highest BCUT2D eigenvalue weighted by molar-refractivity contribution is 7.91. The van der Waals surface area contributed by atoms with Crippen LogP contribution < -0.4 is 0 Å². The first kappa shape index (κ1) is 19.1. The van der Waals surface area contributed by atoms with Crippen molar-refractivity contribution in [2.75, 3.05) is 18.8 Å². The van der Waals surface area contributed by atoms with Crippen molar-refractivity contribution >= 4 is 38.9 Å². The number of amides is 1. The van der Waals surface area contributed by atoms with Gasteiger partial charge in [-0.3, -0.25) is 4.79 Å². The molecule has 1 aliphatic rings. The Hall–Kier alpha value is -1.63. The molecule has 3 rings (SSSR count). The first-order valence-electron chi connectivity index (χ1n) is 8.00. The molecule has 138 valence electrons. The summed E-state index contributed by atoms with van der Waals surface area (Å²) in [6.07, 6.45) is 0.125. The second-order valence-corrected chi connectivity index (χ2v) is 9.23. The van der Waals surface area contributed by atoms with Gasteiger partial charge in [0.25, 0.3) is 5.91 Å². The number of sulfone groups is 1. The van der Waals surface area contributed by atoms with Gasteiger partial charge in [0.2, 0.25) is 0 Å². The summed E-state index contributed by atoms with van der Waals surface area (Å²) in [4.78, 5) is 14.2. The van der Waals surface area contributed by atoms with Crippen molar-refractivity contribution in [3.63, 3.8) is 0 Å². The lowest BCUT2D eigenvalue weighted by atomic mass is 10.1. The third-order valence-electron chi connectivity index (χ3n) is 4.44. The lowest BCUT2D eigenvalue weighted by Gasteiger charge is -2.20. The molecule has 0 aromatic heterocycles. The van der Waals surface area contributed by atoms with E-state index in [4.69, 9.17) is 23.2 Å². The maximum atomic E-state index is 14.1. The fourth-order valence-corrected chi connectivity index (χ4v) is 5.36. The van der Waals surface area contributed by atoms with Crippen molar-refractivity contribution in [1.29, 1.82) is 0 Å². The highest BCUT2D eigenvalue weighted by Crippen LogP contribution is 2.32. The summed E-state index contributed by atoms with van der Waals surface area (Å²) in [5.74, 6) is -1.15. The van der Waals surface area contributed by atoms with Gasteiger partial charge in [-0.15, -0.1) is 0 Å². The van der Waals surface area contributed by atoms with Gasteiger partial charge < -0.3 is 4.90 Å². The van der Waals surface area contributed by atoms with Crippen molar-refractivity contribution < 1.29 is 17.6 Å². The van der Waals surface area contributed by atoms with E-state index in [0.717, 1.165) is 0 Å². The molecule has 1 fully saturated rings. The third kappa shape index (κ3) is 3.87. The zero-order valence-corrected chi connectivity index (χ0v) is 16.0. The van der Waals surface area contributed by atoms with Crippen molar-refractivity contribution in [3.05, 3.63) is 69.5 Å². The Bertz CT molecular complexity index is 949. The van der Waals surface area contributed by atoms with E-state index in [9.17, 15) is 17.6 Å². The molecule has 4 nitrogen and oxygen atoms in total. The summed E-state index contributed by atoms with van der Waals surface area (Å²) in [6, 6.07) is 10.4. The fourth-order valence-electron chi connectivity index (χ4n) is 3.07. The standard InChI is InChI=1S/C18H16Cl2FNO3S/c19-12-5-6-13(15(20)11-12)18(23)22-8-7-17(26(24,25)10-9-22)14-3-1-2-4-16(14)21/h1-6,11,17H,7-10H2. The van der Waals surface area contributed by atoms with Gasteiger partial charge >= 0.3 is 0 Å². The average molecular weight is 416 g/mol. The number of hydrogen-bond donors (Lipinski definition) is 0. The predicted molar refractivity (Wildman–Crippen MR) is 99.9 cm³/mol. The van der Waals surface area contributed by atoms with Gasteiger partial charge in [-0.1, -0.05) is 41.4 Å². The van der Waals surface area contributed by atoms with Crippen molar-refractivity contribution in [1.82, 2.24) is 4.90 Å². The van der Waals surface area contributed by atoms with Gasteiger partial charge in [-0.2, -0.15) is 0 Å². The van der Waals surface area contributed by atoms with E-state index < -0.39 is 20.9 Å². The molecule has 1 atom stereocenters. The van der Waals surface area contributed by atoms with E-state index in [1.807, 2.05) is 0 Å². The predicted octanol–water partition coefficient (Wildman–Crippen LogP) is 4.13. The molecule has 2 aromatic carbocycles. The van der Waals surface area contributed by atoms with Crippen LogP contribution in [0.2, 0.25) is 10.0 Å². The summed E-state index contributed by atoms with van der Waals surface area (Å²) in [6.45, 7) is 0.223. The van der Waals surface area contributed by atoms with Crippen LogP contribution in [0, 0.1) is 5.82 Å². The molecule has 8 heteroatoms. The Labute approximate surface area is 161 Å². The van der Waals surface area contributed by atoms with E-state index >= 15 is 0 Å². The zero-order valence-electron chi connectivity index (χ0n) is 13.7. The molecule has 1 aliphatic heterocycles. The third-order valence-corrected chi connectivity index (χ3v) is 7.10. The van der Waals surface area contributed by atoms with Crippen LogP contribution in [0.3, 0.4) is 0 Å². The molecular weight excluding hydrogens is 400 g/mol. The van der Waals surface area contributed by atoms with Crippen molar-refractivity contribution in [3.8, 4) is 0 Å². The molecule has 0 spiro atoms. The molecule has 0 N–H and O–H groups in total. The van der Waals surface area contributed by atoms with Crippen LogP contribution in [-0.4, -0.2) is 38.1 Å². The van der Waals surface area contributed by atoms with E-state index in [0.29, 0.717) is 5.02 Å². The zero-order chi connectivity index (χ0) is 18.9. The molecule has 1 amide bonds. The van der Waals surface area contributed by atoms with Crippen molar-refractivity contribution in [2.45, 2.75) is 11.7 Å². The van der Waals surface area contributed by atoms with E-state index in [1.54, 1.807) is 12.1 Å². The smallest absolute Gasteiger partial charge is 0.255 e. The quantitative estimate of drug-likeness (QED) is 0.740. The van der Waals surface area contributed by atoms with Crippen molar-refractivity contribution in [2.24, 2.45) is 0 Å². The molecule has 0 saturated carbocycles. The minimum atomic E-state index is -3.59. The van der Waals surface area contributed by atoms with Crippen LogP contribution in [0.15, 0.2) is 42.5 Å². The molecular formula is C18H16Cl2FNO3S. The van der Waals surface area contributed by atoms with E-state index in [-0.39, 0.29) is 47.3 Å². The topological polar surface area (TPSA) is 54.5 Å². The molecule has 0 radical (unpaired) electrons. The molecule has 2 aromatic rings. The molecule has 26 heavy (non-hydrogen) atoms. The number of carbonyl (C=O) groups is 1. The minimum absolute atomic E-state index is 0.0328. The largest absolute Gasteiger partial charge is 0.338 e. The maximum absolute atomic E-state index is 14.1. The number of rotatable bonds is 2. The molecule has 0 bridgehead atoms. The van der Waals surface area contributed by atoms with Gasteiger partial charge in [0, 0.05) is 23.7 Å². The number of carbonyl (C=O) groups excluding carboxylic acids is 1. The summed E-state index contributed by atoms with van der Waals surface area (Å²) >= 11 is 11.9. The van der Waals surface area contributed by atoms with Gasteiger partial charge in [0.05, 0.1) is 21.6 Å². The van der Waals surface area contributed by atoms with Crippen LogP contribution in [-0.2, 0) is 9.84 Å². The molecule has 0 aliphatic carbocycles. The first-order chi connectivity index (χ1) is 12.3. The Balaban J connectivity index is 1.87. The maximum Gasteiger partial charge on any atom is 0.255 e. The first-order valence-corrected chi connectivity index (χ1v) is 10.5.